The van der Waals surface area contributed by atoms with Gasteiger partial charge in [0.2, 0.25) is 0 Å². The fourth-order valence-electron chi connectivity index (χ4n) is 0.895. The Bertz CT molecular complexity index is 126. The first-order valence-corrected chi connectivity index (χ1v) is 4.15. The van der Waals surface area contributed by atoms with Gasteiger partial charge in [0.15, 0.2) is 0 Å². The molecule has 2 nitrogen and oxygen atoms in total. The van der Waals surface area contributed by atoms with Crippen molar-refractivity contribution in [3.63, 3.8) is 0 Å². The molecule has 0 saturated carbocycles. The first-order valence-electron chi connectivity index (χ1n) is 4.15. The molecule has 0 saturated heterocycles. The minimum absolute atomic E-state index is 0.267. The lowest BCUT2D eigenvalue weighted by Crippen LogP contribution is -2.37. The first-order chi connectivity index (χ1) is 5.24. The van der Waals surface area contributed by atoms with Gasteiger partial charge in [0.25, 0.3) is 0 Å². The molecule has 2 heteroatoms. The van der Waals surface area contributed by atoms with Crippen LogP contribution < -0.4 is 5.73 Å². The molecule has 0 rings (SSSR count). The van der Waals surface area contributed by atoms with Crippen LogP contribution in [0.5, 0.6) is 0 Å². The van der Waals surface area contributed by atoms with Gasteiger partial charge in [-0.15, -0.1) is 6.42 Å². The molecule has 64 valence electrons. The predicted octanol–water partition coefficient (Wildman–Crippen LogP) is 0.679. The Morgan fingerprint density at radius 3 is 2.55 bits per heavy atom. The van der Waals surface area contributed by atoms with Crippen LogP contribution >= 0.6 is 0 Å². The summed E-state index contributed by atoms with van der Waals surface area (Å²) in [7, 11) is 0. The molecule has 0 fully saturated rings. The predicted molar refractivity (Wildman–Crippen MR) is 49.2 cm³/mol. The second-order valence-corrected chi connectivity index (χ2v) is 2.70. The van der Waals surface area contributed by atoms with Crippen LogP contribution in [0.1, 0.15) is 20.3 Å². The summed E-state index contributed by atoms with van der Waals surface area (Å²) in [6, 6.07) is 0.267. The number of nitrogens with two attached hydrogens (primary N) is 1. The number of likely N-dealkylation sites (N-methyl/N-ethyl adjacent to an activating group) is 1. The third-order valence-electron chi connectivity index (χ3n) is 1.78. The van der Waals surface area contributed by atoms with Crippen LogP contribution in [0.4, 0.5) is 0 Å². The maximum absolute atomic E-state index is 5.77. The van der Waals surface area contributed by atoms with Crippen molar-refractivity contribution >= 4 is 0 Å². The maximum atomic E-state index is 5.77. The average Bonchev–Trinajstić information content (AvgIpc) is 2.03. The van der Waals surface area contributed by atoms with E-state index in [4.69, 9.17) is 12.2 Å². The van der Waals surface area contributed by atoms with Crippen LogP contribution in [0.2, 0.25) is 0 Å². The van der Waals surface area contributed by atoms with E-state index in [1.54, 1.807) is 0 Å². The molecule has 0 aliphatic heterocycles. The van der Waals surface area contributed by atoms with Crippen LogP contribution in [0.25, 0.3) is 0 Å². The number of rotatable bonds is 5. The largest absolute Gasteiger partial charge is 0.327 e. The maximum Gasteiger partial charge on any atom is 0.0599 e. The summed E-state index contributed by atoms with van der Waals surface area (Å²) in [6.07, 6.45) is 6.20. The molecule has 0 spiro atoms. The zero-order chi connectivity index (χ0) is 8.69. The zero-order valence-electron chi connectivity index (χ0n) is 7.51. The fraction of sp³-hybridized carbons (Fsp3) is 0.778. The van der Waals surface area contributed by atoms with E-state index in [1.165, 1.54) is 0 Å². The first kappa shape index (κ1) is 10.5. The number of nitrogens with zero attached hydrogens (tertiary/aromatic N) is 1. The number of terminal acetylenes is 1. The highest BCUT2D eigenvalue weighted by Crippen LogP contribution is 1.92. The summed E-state index contributed by atoms with van der Waals surface area (Å²) in [5.41, 5.74) is 5.77. The molecule has 2 N–H and O–H groups in total. The van der Waals surface area contributed by atoms with E-state index < -0.39 is 0 Å². The molecular weight excluding hydrogens is 136 g/mol. The third-order valence-corrected chi connectivity index (χ3v) is 1.78. The highest BCUT2D eigenvalue weighted by molar-refractivity contribution is 4.88. The summed E-state index contributed by atoms with van der Waals surface area (Å²) < 4.78 is 0. The minimum atomic E-state index is 0.267. The van der Waals surface area contributed by atoms with Crippen LogP contribution in [0.15, 0.2) is 0 Å². The van der Waals surface area contributed by atoms with Gasteiger partial charge in [-0.3, -0.25) is 4.90 Å². The Kier molecular flexibility index (Phi) is 5.91. The average molecular weight is 154 g/mol. The Hall–Kier alpha value is -0.520. The van der Waals surface area contributed by atoms with Gasteiger partial charge in [0.1, 0.15) is 0 Å². The highest BCUT2D eigenvalue weighted by atomic mass is 15.1. The summed E-state index contributed by atoms with van der Waals surface area (Å²) in [6.45, 7) is 6.80. The Labute approximate surface area is 69.8 Å². The number of hydrogen-bond donors (Lipinski definition) is 1. The van der Waals surface area contributed by atoms with Gasteiger partial charge in [0, 0.05) is 12.6 Å². The van der Waals surface area contributed by atoms with E-state index in [1.807, 2.05) is 0 Å². The number of hydrogen-bond acceptors (Lipinski definition) is 2. The lowest BCUT2D eigenvalue weighted by atomic mass is 10.2. The molecule has 0 aromatic heterocycles. The van der Waals surface area contributed by atoms with Crippen molar-refractivity contribution in [2.24, 2.45) is 5.73 Å². The molecule has 1 atom stereocenters. The van der Waals surface area contributed by atoms with E-state index in [9.17, 15) is 0 Å². The van der Waals surface area contributed by atoms with E-state index in [0.29, 0.717) is 6.54 Å². The van der Waals surface area contributed by atoms with Crippen molar-refractivity contribution in [1.29, 1.82) is 0 Å². The molecule has 0 aromatic rings. The SMILES string of the molecule is C#CCN(CC)CC(N)CC. The van der Waals surface area contributed by atoms with Gasteiger partial charge in [-0.05, 0) is 13.0 Å². The van der Waals surface area contributed by atoms with Crippen LogP contribution in [-0.4, -0.2) is 30.6 Å². The van der Waals surface area contributed by atoms with Crippen LogP contribution in [0.3, 0.4) is 0 Å². The van der Waals surface area contributed by atoms with Crippen LogP contribution in [0, 0.1) is 12.3 Å². The van der Waals surface area contributed by atoms with Gasteiger partial charge in [0.05, 0.1) is 6.54 Å². The lowest BCUT2D eigenvalue weighted by Gasteiger charge is -2.20. The van der Waals surface area contributed by atoms with Gasteiger partial charge in [-0.2, -0.15) is 0 Å². The lowest BCUT2D eigenvalue weighted by molar-refractivity contribution is 0.298. The second-order valence-electron chi connectivity index (χ2n) is 2.70. The molecule has 0 heterocycles. The smallest absolute Gasteiger partial charge is 0.0599 e. The normalized spacial score (nSPS) is 13.0. The summed E-state index contributed by atoms with van der Waals surface area (Å²) in [5, 5.41) is 0. The molecule has 1 unspecified atom stereocenters. The van der Waals surface area contributed by atoms with E-state index in [2.05, 4.69) is 24.7 Å². The highest BCUT2D eigenvalue weighted by Gasteiger charge is 2.04. The van der Waals surface area contributed by atoms with Crippen molar-refractivity contribution in [3.05, 3.63) is 0 Å². The molecule has 0 aliphatic carbocycles. The topological polar surface area (TPSA) is 29.3 Å². The Balaban J connectivity index is 3.60. The summed E-state index contributed by atoms with van der Waals surface area (Å²) in [5.74, 6) is 2.62. The van der Waals surface area contributed by atoms with Crippen molar-refractivity contribution in [3.8, 4) is 12.3 Å². The van der Waals surface area contributed by atoms with E-state index in [0.717, 1.165) is 19.5 Å². The third kappa shape index (κ3) is 4.83. The molecule has 0 bridgehead atoms. The molecule has 0 amide bonds. The molecule has 0 aliphatic rings. The summed E-state index contributed by atoms with van der Waals surface area (Å²) >= 11 is 0. The Morgan fingerprint density at radius 2 is 2.18 bits per heavy atom. The molecular formula is C9H18N2. The van der Waals surface area contributed by atoms with Crippen molar-refractivity contribution in [2.75, 3.05) is 19.6 Å². The summed E-state index contributed by atoms with van der Waals surface area (Å²) in [4.78, 5) is 2.17. The van der Waals surface area contributed by atoms with Gasteiger partial charge in [-0.25, -0.2) is 0 Å². The minimum Gasteiger partial charge on any atom is -0.327 e. The molecule has 0 aromatic carbocycles. The van der Waals surface area contributed by atoms with Gasteiger partial charge >= 0.3 is 0 Å². The van der Waals surface area contributed by atoms with Gasteiger partial charge < -0.3 is 5.73 Å². The quantitative estimate of drug-likeness (QED) is 0.590. The van der Waals surface area contributed by atoms with Crippen LogP contribution in [-0.2, 0) is 0 Å². The van der Waals surface area contributed by atoms with Crippen molar-refractivity contribution in [2.45, 2.75) is 26.3 Å². The van der Waals surface area contributed by atoms with Crippen molar-refractivity contribution in [1.82, 2.24) is 4.90 Å². The Morgan fingerprint density at radius 1 is 1.55 bits per heavy atom. The standard InChI is InChI=1S/C9H18N2/c1-4-7-11(6-3)8-9(10)5-2/h1,9H,5-8,10H2,2-3H3. The van der Waals surface area contributed by atoms with Crippen molar-refractivity contribution < 1.29 is 0 Å². The van der Waals surface area contributed by atoms with E-state index >= 15 is 0 Å². The second kappa shape index (κ2) is 6.21. The molecule has 11 heavy (non-hydrogen) atoms. The zero-order valence-corrected chi connectivity index (χ0v) is 7.51. The monoisotopic (exact) mass is 154 g/mol. The fourth-order valence-corrected chi connectivity index (χ4v) is 0.895. The molecule has 0 radical (unpaired) electrons. The van der Waals surface area contributed by atoms with Gasteiger partial charge in [-0.1, -0.05) is 19.8 Å². The van der Waals surface area contributed by atoms with E-state index in [-0.39, 0.29) is 6.04 Å².